The van der Waals surface area contributed by atoms with Gasteiger partial charge in [0.05, 0.1) is 17.0 Å². The normalized spacial score (nSPS) is 14.4. The van der Waals surface area contributed by atoms with E-state index in [0.717, 1.165) is 18.2 Å². The molecule has 0 aliphatic carbocycles. The zero-order chi connectivity index (χ0) is 14.2. The number of nitro benzene ring substituents is 1. The maximum absolute atomic E-state index is 11.5. The number of rotatable bonds is 3. The van der Waals surface area contributed by atoms with Crippen LogP contribution in [-0.2, 0) is 4.79 Å². The van der Waals surface area contributed by atoms with Gasteiger partial charge in [0.1, 0.15) is 5.69 Å². The number of nitrogens with zero attached hydrogens (tertiary/aromatic N) is 2. The van der Waals surface area contributed by atoms with E-state index in [9.17, 15) is 24.5 Å². The first-order valence-electron chi connectivity index (χ1n) is 5.04. The van der Waals surface area contributed by atoms with Crippen molar-refractivity contribution in [2.24, 2.45) is 0 Å². The Morgan fingerprint density at radius 3 is 2.58 bits per heavy atom. The number of carboxylic acid groups (broad SMARTS) is 1. The molecule has 0 unspecified atom stereocenters. The first-order chi connectivity index (χ1) is 8.91. The van der Waals surface area contributed by atoms with Crippen molar-refractivity contribution in [3.63, 3.8) is 0 Å². The molecule has 1 heterocycles. The third-order valence-corrected chi connectivity index (χ3v) is 2.50. The molecule has 2 rings (SSSR count). The smallest absolute Gasteiger partial charge is 0.335 e. The number of carbonyl (C=O) groups is 3. The van der Waals surface area contributed by atoms with Gasteiger partial charge < -0.3 is 10.4 Å². The molecule has 1 fully saturated rings. The Morgan fingerprint density at radius 2 is 2.11 bits per heavy atom. The van der Waals surface area contributed by atoms with E-state index in [1.165, 1.54) is 0 Å². The molecule has 0 saturated carbocycles. The summed E-state index contributed by atoms with van der Waals surface area (Å²) in [6, 6.07) is 2.17. The average molecular weight is 265 g/mol. The number of amides is 3. The van der Waals surface area contributed by atoms with Gasteiger partial charge in [0.15, 0.2) is 0 Å². The minimum atomic E-state index is -1.34. The molecule has 9 nitrogen and oxygen atoms in total. The molecule has 0 bridgehead atoms. The van der Waals surface area contributed by atoms with Crippen molar-refractivity contribution in [3.8, 4) is 0 Å². The number of benzene rings is 1. The minimum Gasteiger partial charge on any atom is -0.478 e. The van der Waals surface area contributed by atoms with Crippen LogP contribution in [0.2, 0.25) is 0 Å². The SMILES string of the molecule is O=C(O)c1ccc(N2C(=O)CNC2=O)c([N+](=O)[O-])c1. The molecule has 0 atom stereocenters. The van der Waals surface area contributed by atoms with Crippen LogP contribution in [0.4, 0.5) is 16.2 Å². The summed E-state index contributed by atoms with van der Waals surface area (Å²) in [5.41, 5.74) is -1.18. The van der Waals surface area contributed by atoms with Crippen LogP contribution in [0.5, 0.6) is 0 Å². The van der Waals surface area contributed by atoms with Gasteiger partial charge in [-0.1, -0.05) is 0 Å². The Hall–Kier alpha value is -2.97. The second kappa shape index (κ2) is 4.37. The van der Waals surface area contributed by atoms with Gasteiger partial charge in [-0.3, -0.25) is 14.9 Å². The van der Waals surface area contributed by atoms with Gasteiger partial charge in [0, 0.05) is 6.07 Å². The molecule has 1 aliphatic heterocycles. The maximum atomic E-state index is 11.5. The van der Waals surface area contributed by atoms with Crippen LogP contribution in [-0.4, -0.2) is 34.5 Å². The lowest BCUT2D eigenvalue weighted by Gasteiger charge is -2.12. The van der Waals surface area contributed by atoms with Crippen LogP contribution in [0.15, 0.2) is 18.2 Å². The van der Waals surface area contributed by atoms with Crippen molar-refractivity contribution in [1.29, 1.82) is 0 Å². The summed E-state index contributed by atoms with van der Waals surface area (Å²) in [5.74, 6) is -1.98. The van der Waals surface area contributed by atoms with Crippen molar-refractivity contribution < 1.29 is 24.4 Å². The second-order valence-corrected chi connectivity index (χ2v) is 3.65. The van der Waals surface area contributed by atoms with Crippen LogP contribution in [0.25, 0.3) is 0 Å². The van der Waals surface area contributed by atoms with E-state index in [0.29, 0.717) is 4.90 Å². The average Bonchev–Trinajstić information content (AvgIpc) is 2.68. The van der Waals surface area contributed by atoms with Crippen LogP contribution in [0, 0.1) is 10.1 Å². The van der Waals surface area contributed by atoms with Gasteiger partial charge in [-0.25, -0.2) is 14.5 Å². The van der Waals surface area contributed by atoms with E-state index in [2.05, 4.69) is 5.32 Å². The molecule has 1 saturated heterocycles. The fraction of sp³-hybridized carbons (Fsp3) is 0.100. The lowest BCUT2D eigenvalue weighted by Crippen LogP contribution is -2.31. The van der Waals surface area contributed by atoms with Crippen molar-refractivity contribution in [2.75, 3.05) is 11.4 Å². The Balaban J connectivity index is 2.57. The number of nitro groups is 1. The Bertz CT molecular complexity index is 595. The van der Waals surface area contributed by atoms with Gasteiger partial charge in [-0.15, -0.1) is 0 Å². The number of imide groups is 1. The largest absolute Gasteiger partial charge is 0.478 e. The molecule has 98 valence electrons. The number of anilines is 1. The fourth-order valence-electron chi connectivity index (χ4n) is 1.66. The number of carboxylic acids is 1. The highest BCUT2D eigenvalue weighted by molar-refractivity contribution is 6.21. The van der Waals surface area contributed by atoms with Gasteiger partial charge in [-0.2, -0.15) is 0 Å². The molecular formula is C10H7N3O6. The van der Waals surface area contributed by atoms with Gasteiger partial charge in [0.2, 0.25) is 0 Å². The standard InChI is InChI=1S/C10H7N3O6/c14-8-4-11-10(17)12(8)6-2-1-5(9(15)16)3-7(6)13(18)19/h1-3H,4H2,(H,11,17)(H,15,16). The number of carbonyl (C=O) groups excluding carboxylic acids is 2. The van der Waals surface area contributed by atoms with Crippen molar-refractivity contribution in [1.82, 2.24) is 5.32 Å². The lowest BCUT2D eigenvalue weighted by atomic mass is 10.1. The summed E-state index contributed by atoms with van der Waals surface area (Å²) in [4.78, 5) is 44.3. The molecule has 0 aromatic heterocycles. The quantitative estimate of drug-likeness (QED) is 0.460. The number of urea groups is 1. The van der Waals surface area contributed by atoms with Gasteiger partial charge in [0.25, 0.3) is 11.6 Å². The highest BCUT2D eigenvalue weighted by atomic mass is 16.6. The molecule has 1 aromatic rings. The summed E-state index contributed by atoms with van der Waals surface area (Å²) < 4.78 is 0. The molecule has 0 radical (unpaired) electrons. The molecule has 3 amide bonds. The van der Waals surface area contributed by atoms with Crippen LogP contribution >= 0.6 is 0 Å². The zero-order valence-electron chi connectivity index (χ0n) is 9.32. The Morgan fingerprint density at radius 1 is 1.42 bits per heavy atom. The van der Waals surface area contributed by atoms with Crippen LogP contribution < -0.4 is 10.2 Å². The van der Waals surface area contributed by atoms with Crippen LogP contribution in [0.1, 0.15) is 10.4 Å². The third-order valence-electron chi connectivity index (χ3n) is 2.50. The minimum absolute atomic E-state index is 0.253. The molecule has 2 N–H and O–H groups in total. The molecule has 1 aromatic carbocycles. The molecule has 9 heteroatoms. The van der Waals surface area contributed by atoms with Crippen molar-refractivity contribution >= 4 is 29.3 Å². The number of aromatic carboxylic acids is 1. The number of hydrogen-bond donors (Lipinski definition) is 2. The summed E-state index contributed by atoms with van der Waals surface area (Å²) >= 11 is 0. The molecule has 19 heavy (non-hydrogen) atoms. The summed E-state index contributed by atoms with van der Waals surface area (Å²) in [7, 11) is 0. The zero-order valence-corrected chi connectivity index (χ0v) is 9.32. The van der Waals surface area contributed by atoms with Crippen molar-refractivity contribution in [2.45, 2.75) is 0 Å². The highest BCUT2D eigenvalue weighted by Gasteiger charge is 2.35. The summed E-state index contributed by atoms with van der Waals surface area (Å²) in [6.07, 6.45) is 0. The fourth-order valence-corrected chi connectivity index (χ4v) is 1.66. The second-order valence-electron chi connectivity index (χ2n) is 3.65. The predicted octanol–water partition coefficient (Wildman–Crippen LogP) is 0.349. The first-order valence-corrected chi connectivity index (χ1v) is 5.04. The highest BCUT2D eigenvalue weighted by Crippen LogP contribution is 2.30. The van der Waals surface area contributed by atoms with E-state index in [4.69, 9.17) is 5.11 Å². The van der Waals surface area contributed by atoms with Gasteiger partial charge in [-0.05, 0) is 12.1 Å². The Labute approximate surface area is 105 Å². The maximum Gasteiger partial charge on any atom is 0.335 e. The summed E-state index contributed by atoms with van der Waals surface area (Å²) in [5, 5.41) is 21.9. The van der Waals surface area contributed by atoms with E-state index < -0.39 is 28.5 Å². The number of nitrogens with one attached hydrogen (secondary N) is 1. The third kappa shape index (κ3) is 2.08. The molecule has 0 spiro atoms. The summed E-state index contributed by atoms with van der Waals surface area (Å²) in [6.45, 7) is -0.253. The van der Waals surface area contributed by atoms with Crippen molar-refractivity contribution in [3.05, 3.63) is 33.9 Å². The van der Waals surface area contributed by atoms with E-state index in [1.54, 1.807) is 0 Å². The topological polar surface area (TPSA) is 130 Å². The van der Waals surface area contributed by atoms with Gasteiger partial charge >= 0.3 is 12.0 Å². The Kier molecular flexibility index (Phi) is 2.87. The van der Waals surface area contributed by atoms with Crippen LogP contribution in [0.3, 0.4) is 0 Å². The van der Waals surface area contributed by atoms with E-state index in [-0.39, 0.29) is 17.8 Å². The lowest BCUT2D eigenvalue weighted by molar-refractivity contribution is -0.384. The molecular weight excluding hydrogens is 258 g/mol. The first kappa shape index (κ1) is 12.5. The monoisotopic (exact) mass is 265 g/mol. The number of hydrogen-bond acceptors (Lipinski definition) is 5. The van der Waals surface area contributed by atoms with E-state index in [1.807, 2.05) is 0 Å². The van der Waals surface area contributed by atoms with E-state index >= 15 is 0 Å². The molecule has 1 aliphatic rings. The predicted molar refractivity (Wildman–Crippen MR) is 60.9 cm³/mol.